The van der Waals surface area contributed by atoms with Gasteiger partial charge >= 0.3 is 12.1 Å². The van der Waals surface area contributed by atoms with Gasteiger partial charge in [-0.15, -0.1) is 0 Å². The molecule has 0 amide bonds. The van der Waals surface area contributed by atoms with E-state index in [1.165, 1.54) is 43.0 Å². The molecule has 2 aromatic heterocycles. The van der Waals surface area contributed by atoms with Crippen LogP contribution in [0.15, 0.2) is 50.6 Å². The first-order valence-electron chi connectivity index (χ1n) is 6.87. The summed E-state index contributed by atoms with van der Waals surface area (Å²) in [6.07, 6.45) is -0.225. The fraction of sp³-hybridized carbons (Fsp3) is 0.214. The molecule has 3 rings (SSSR count). The van der Waals surface area contributed by atoms with Crippen molar-refractivity contribution in [1.29, 1.82) is 0 Å². The lowest BCUT2D eigenvalue weighted by atomic mass is 10.2. The molecule has 0 aliphatic heterocycles. The molecule has 0 aliphatic carbocycles. The fourth-order valence-electron chi connectivity index (χ4n) is 1.98. The van der Waals surface area contributed by atoms with Gasteiger partial charge in [0.15, 0.2) is 5.82 Å². The molecule has 7 nitrogen and oxygen atoms in total. The molecule has 0 spiro atoms. The fourth-order valence-corrected chi connectivity index (χ4v) is 3.26. The Hall–Kier alpha value is -2.69. The first kappa shape index (κ1) is 17.1. The molecule has 1 aromatic carbocycles. The number of halogens is 3. The first-order valence-corrected chi connectivity index (χ1v) is 8.79. The van der Waals surface area contributed by atoms with Crippen LogP contribution in [-0.2, 0) is 23.0 Å². The maximum atomic E-state index is 12.8. The molecule has 1 unspecified atom stereocenters. The predicted octanol–water partition coefficient (Wildman–Crippen LogP) is 3.28. The minimum Gasteiger partial charge on any atom is -0.329 e. The second-order valence-corrected chi connectivity index (χ2v) is 7.46. The van der Waals surface area contributed by atoms with E-state index in [9.17, 15) is 17.4 Å². The summed E-state index contributed by atoms with van der Waals surface area (Å²) in [5, 5.41) is 3.30. The molecule has 0 aliphatic rings. The van der Waals surface area contributed by atoms with Crippen molar-refractivity contribution < 1.29 is 21.9 Å². The molecule has 132 valence electrons. The molecule has 1 atom stereocenters. The molecule has 0 radical (unpaired) electrons. The second kappa shape index (κ2) is 5.99. The van der Waals surface area contributed by atoms with E-state index in [2.05, 4.69) is 24.0 Å². The Bertz CT molecular complexity index is 1010. The van der Waals surface area contributed by atoms with Crippen LogP contribution in [0.4, 0.5) is 19.0 Å². The average molecular weight is 371 g/mol. The van der Waals surface area contributed by atoms with Gasteiger partial charge in [0.25, 0.3) is 0 Å². The normalized spacial score (nSPS) is 14.3. The summed E-state index contributed by atoms with van der Waals surface area (Å²) < 4.78 is 60.3. The van der Waals surface area contributed by atoms with Crippen LogP contribution in [-0.4, -0.2) is 30.2 Å². The molecule has 11 heteroatoms. The van der Waals surface area contributed by atoms with E-state index in [4.69, 9.17) is 0 Å². The Morgan fingerprint density at radius 3 is 2.44 bits per heavy atom. The average Bonchev–Trinajstić information content (AvgIpc) is 3.17. The second-order valence-electron chi connectivity index (χ2n) is 5.20. The minimum absolute atomic E-state index is 0.204. The summed E-state index contributed by atoms with van der Waals surface area (Å²) in [5.74, 6) is -1.17. The number of aromatic nitrogens is 4. The van der Waals surface area contributed by atoms with Crippen molar-refractivity contribution >= 4 is 15.5 Å². The molecule has 25 heavy (non-hydrogen) atoms. The number of imidazole rings is 1. The molecule has 0 N–H and O–H groups in total. The lowest BCUT2D eigenvalue weighted by Crippen LogP contribution is -2.04. The van der Waals surface area contributed by atoms with Gasteiger partial charge in [-0.2, -0.15) is 22.5 Å². The van der Waals surface area contributed by atoms with E-state index in [1.807, 2.05) is 0 Å². The largest absolute Gasteiger partial charge is 0.471 e. The number of alkyl halides is 3. The van der Waals surface area contributed by atoms with Gasteiger partial charge in [-0.25, -0.2) is 9.19 Å². The third-order valence-electron chi connectivity index (χ3n) is 3.28. The van der Waals surface area contributed by atoms with Gasteiger partial charge in [0.2, 0.25) is 5.82 Å². The van der Waals surface area contributed by atoms with E-state index in [1.54, 1.807) is 11.6 Å². The van der Waals surface area contributed by atoms with E-state index in [0.29, 0.717) is 16.3 Å². The number of rotatable bonds is 3. The highest BCUT2D eigenvalue weighted by molar-refractivity contribution is 7.93. The van der Waals surface area contributed by atoms with E-state index in [0.717, 1.165) is 0 Å². The van der Waals surface area contributed by atoms with Crippen molar-refractivity contribution in [3.05, 3.63) is 42.7 Å². The Labute approximate surface area is 140 Å². The molecule has 3 aromatic rings. The van der Waals surface area contributed by atoms with Crippen molar-refractivity contribution in [1.82, 2.24) is 19.7 Å². The van der Waals surface area contributed by atoms with Crippen LogP contribution in [0.5, 0.6) is 0 Å². The molecule has 0 fully saturated rings. The molecule has 0 saturated carbocycles. The predicted molar refractivity (Wildman–Crippen MR) is 82.4 cm³/mol. The summed E-state index contributed by atoms with van der Waals surface area (Å²) in [7, 11) is -1.03. The summed E-state index contributed by atoms with van der Waals surface area (Å²) in [6.45, 7) is 0. The number of benzene rings is 1. The van der Waals surface area contributed by atoms with Gasteiger partial charge in [-0.3, -0.25) is 0 Å². The molecule has 2 heterocycles. The topological polar surface area (TPSA) is 86.2 Å². The summed E-state index contributed by atoms with van der Waals surface area (Å²) in [6, 6.07) is 5.92. The third-order valence-corrected chi connectivity index (χ3v) is 4.96. The van der Waals surface area contributed by atoms with Gasteiger partial charge in [-0.1, -0.05) is 5.16 Å². The monoisotopic (exact) mass is 371 g/mol. The number of nitrogens with zero attached hydrogens (tertiary/aromatic N) is 5. The number of hydrogen-bond donors (Lipinski definition) is 0. The van der Waals surface area contributed by atoms with Gasteiger partial charge in [-0.05, 0) is 24.3 Å². The zero-order valence-electron chi connectivity index (χ0n) is 13.1. The van der Waals surface area contributed by atoms with Gasteiger partial charge in [0.05, 0.1) is 22.3 Å². The highest BCUT2D eigenvalue weighted by Gasteiger charge is 2.38. The summed E-state index contributed by atoms with van der Waals surface area (Å²) in [4.78, 5) is 7.62. The van der Waals surface area contributed by atoms with Crippen LogP contribution in [0.2, 0.25) is 0 Å². The quantitative estimate of drug-likeness (QED) is 0.705. The van der Waals surface area contributed by atoms with E-state index >= 15 is 0 Å². The summed E-state index contributed by atoms with van der Waals surface area (Å²) >= 11 is 0. The van der Waals surface area contributed by atoms with Crippen LogP contribution in [0.1, 0.15) is 5.89 Å². The maximum absolute atomic E-state index is 12.8. The van der Waals surface area contributed by atoms with Crippen molar-refractivity contribution in [2.75, 3.05) is 6.26 Å². The van der Waals surface area contributed by atoms with Crippen molar-refractivity contribution in [2.24, 2.45) is 11.4 Å². The molecule has 0 saturated heterocycles. The van der Waals surface area contributed by atoms with Crippen molar-refractivity contribution in [2.45, 2.75) is 11.1 Å². The zero-order chi connectivity index (χ0) is 18.2. The smallest absolute Gasteiger partial charge is 0.329 e. The Balaban J connectivity index is 1.92. The van der Waals surface area contributed by atoms with Crippen LogP contribution in [0.3, 0.4) is 0 Å². The number of aryl methyl sites for hydroxylation is 1. The summed E-state index contributed by atoms with van der Waals surface area (Å²) in [5.41, 5.74) is 0.304. The first-order chi connectivity index (χ1) is 11.7. The third kappa shape index (κ3) is 3.55. The lowest BCUT2D eigenvalue weighted by molar-refractivity contribution is -0.159. The van der Waals surface area contributed by atoms with E-state index < -0.39 is 21.8 Å². The highest BCUT2D eigenvalue weighted by Crippen LogP contribution is 2.29. The Morgan fingerprint density at radius 2 is 1.92 bits per heavy atom. The standard InChI is InChI=1S/C14H12F3N5O2S/c1-22-8-18-7-11(22)21-25(2,23)10-5-3-9(4-6-10)12-19-13(24-20-12)14(15,16)17/h3-8H,1-2H3. The van der Waals surface area contributed by atoms with Crippen LogP contribution in [0, 0.1) is 0 Å². The Morgan fingerprint density at radius 1 is 1.24 bits per heavy atom. The van der Waals surface area contributed by atoms with Crippen LogP contribution in [0.25, 0.3) is 11.4 Å². The van der Waals surface area contributed by atoms with Crippen LogP contribution < -0.4 is 0 Å². The maximum Gasteiger partial charge on any atom is 0.471 e. The van der Waals surface area contributed by atoms with Gasteiger partial charge in [0.1, 0.15) is 0 Å². The SMILES string of the molecule is Cn1cncc1N=S(C)(=O)c1ccc(-c2noc(C(F)(F)F)n2)cc1. The molecule has 0 bridgehead atoms. The zero-order valence-corrected chi connectivity index (χ0v) is 13.9. The lowest BCUT2D eigenvalue weighted by Gasteiger charge is -2.05. The number of hydrogen-bond acceptors (Lipinski definition) is 6. The van der Waals surface area contributed by atoms with Crippen LogP contribution >= 0.6 is 0 Å². The van der Waals surface area contributed by atoms with Gasteiger partial charge in [0, 0.05) is 23.8 Å². The van der Waals surface area contributed by atoms with E-state index in [-0.39, 0.29) is 5.82 Å². The highest BCUT2D eigenvalue weighted by atomic mass is 32.2. The van der Waals surface area contributed by atoms with Crippen molar-refractivity contribution in [3.8, 4) is 11.4 Å². The molecular weight excluding hydrogens is 359 g/mol. The van der Waals surface area contributed by atoms with Gasteiger partial charge < -0.3 is 9.09 Å². The van der Waals surface area contributed by atoms with Crippen molar-refractivity contribution in [3.63, 3.8) is 0 Å². The molecular formula is C14H12F3N5O2S. The minimum atomic E-state index is -4.70. The Kier molecular flexibility index (Phi) is 4.11.